The molecule has 0 saturated carbocycles. The summed E-state index contributed by atoms with van der Waals surface area (Å²) in [6.07, 6.45) is 5.79. The van der Waals surface area contributed by atoms with Crippen LogP contribution in [0.4, 0.5) is 0 Å². The first-order valence-corrected chi connectivity index (χ1v) is 5.96. The van der Waals surface area contributed by atoms with Crippen molar-refractivity contribution in [3.05, 3.63) is 18.2 Å². The normalized spacial score (nSPS) is 26.6. The summed E-state index contributed by atoms with van der Waals surface area (Å²) in [6.45, 7) is 7.29. The number of hydrogen-bond donors (Lipinski definition) is 2. The Bertz CT molecular complexity index is 321. The number of aromatic amines is 1. The van der Waals surface area contributed by atoms with Gasteiger partial charge in [-0.2, -0.15) is 0 Å². The van der Waals surface area contributed by atoms with Gasteiger partial charge in [0.1, 0.15) is 5.82 Å². The Hall–Kier alpha value is -0.870. The molecule has 0 bridgehead atoms. The fraction of sp³-hybridized carbons (Fsp3) is 0.750. The molecule has 4 heteroatoms. The molecular formula is C12H21N3O. The molecule has 2 N–H and O–H groups in total. The number of nitrogens with zero attached hydrogens (tertiary/aromatic N) is 1. The van der Waals surface area contributed by atoms with Crippen LogP contribution in [-0.2, 0) is 4.74 Å². The van der Waals surface area contributed by atoms with E-state index in [0.29, 0.717) is 6.04 Å². The summed E-state index contributed by atoms with van der Waals surface area (Å²) in [5, 5.41) is 3.60. The van der Waals surface area contributed by atoms with E-state index in [0.717, 1.165) is 25.3 Å². The average molecular weight is 223 g/mol. The van der Waals surface area contributed by atoms with Crippen molar-refractivity contribution in [2.45, 2.75) is 51.3 Å². The standard InChI is InChI=1S/C12H21N3O/c1-9(11-13-5-6-14-11)15-10-4-7-16-12(2,3)8-10/h5-6,9-10,15H,4,7-8H2,1-3H3,(H,13,14). The van der Waals surface area contributed by atoms with E-state index < -0.39 is 0 Å². The lowest BCUT2D eigenvalue weighted by molar-refractivity contribution is -0.0640. The number of hydrogen-bond acceptors (Lipinski definition) is 3. The molecular weight excluding hydrogens is 202 g/mol. The van der Waals surface area contributed by atoms with Crippen LogP contribution in [0.3, 0.4) is 0 Å². The lowest BCUT2D eigenvalue weighted by atomic mass is 9.93. The van der Waals surface area contributed by atoms with Gasteiger partial charge in [-0.05, 0) is 33.6 Å². The minimum atomic E-state index is -0.00119. The number of nitrogens with one attached hydrogen (secondary N) is 2. The number of imidazole rings is 1. The predicted molar refractivity (Wildman–Crippen MR) is 63.2 cm³/mol. The second kappa shape index (κ2) is 4.55. The molecule has 0 radical (unpaired) electrons. The molecule has 2 atom stereocenters. The Morgan fingerprint density at radius 2 is 2.44 bits per heavy atom. The molecule has 16 heavy (non-hydrogen) atoms. The zero-order valence-electron chi connectivity index (χ0n) is 10.3. The molecule has 1 saturated heterocycles. The van der Waals surface area contributed by atoms with Crippen molar-refractivity contribution >= 4 is 0 Å². The van der Waals surface area contributed by atoms with E-state index in [1.54, 1.807) is 6.20 Å². The average Bonchev–Trinajstić information content (AvgIpc) is 2.68. The van der Waals surface area contributed by atoms with E-state index >= 15 is 0 Å². The van der Waals surface area contributed by atoms with Crippen molar-refractivity contribution < 1.29 is 4.74 Å². The van der Waals surface area contributed by atoms with Crippen LogP contribution in [0, 0.1) is 0 Å². The summed E-state index contributed by atoms with van der Waals surface area (Å²) in [5.41, 5.74) is -0.00119. The zero-order valence-corrected chi connectivity index (χ0v) is 10.3. The van der Waals surface area contributed by atoms with E-state index in [2.05, 4.69) is 36.1 Å². The fourth-order valence-electron chi connectivity index (χ4n) is 2.32. The summed E-state index contributed by atoms with van der Waals surface area (Å²) in [4.78, 5) is 7.41. The Kier molecular flexibility index (Phi) is 3.30. The molecule has 0 amide bonds. The van der Waals surface area contributed by atoms with Gasteiger partial charge in [0.05, 0.1) is 11.6 Å². The molecule has 1 aromatic rings. The van der Waals surface area contributed by atoms with Crippen LogP contribution in [-0.4, -0.2) is 28.2 Å². The molecule has 4 nitrogen and oxygen atoms in total. The third-order valence-corrected chi connectivity index (χ3v) is 3.11. The van der Waals surface area contributed by atoms with Crippen LogP contribution in [0.5, 0.6) is 0 Å². The van der Waals surface area contributed by atoms with E-state index in [1.807, 2.05) is 6.20 Å². The lowest BCUT2D eigenvalue weighted by Crippen LogP contribution is -2.44. The molecule has 2 unspecified atom stereocenters. The van der Waals surface area contributed by atoms with Crippen LogP contribution < -0.4 is 5.32 Å². The summed E-state index contributed by atoms with van der Waals surface area (Å²) in [7, 11) is 0. The number of H-pyrrole nitrogens is 1. The Morgan fingerprint density at radius 3 is 3.06 bits per heavy atom. The van der Waals surface area contributed by atoms with Crippen molar-refractivity contribution in [1.82, 2.24) is 15.3 Å². The maximum Gasteiger partial charge on any atom is 0.122 e. The minimum absolute atomic E-state index is 0.00119. The maximum absolute atomic E-state index is 5.70. The fourth-order valence-corrected chi connectivity index (χ4v) is 2.32. The van der Waals surface area contributed by atoms with E-state index in [9.17, 15) is 0 Å². The highest BCUT2D eigenvalue weighted by Gasteiger charge is 2.29. The van der Waals surface area contributed by atoms with Crippen molar-refractivity contribution in [3.63, 3.8) is 0 Å². The summed E-state index contributed by atoms with van der Waals surface area (Å²) in [5.74, 6) is 1.00. The van der Waals surface area contributed by atoms with Crippen molar-refractivity contribution in [2.75, 3.05) is 6.61 Å². The van der Waals surface area contributed by atoms with Gasteiger partial charge in [0.2, 0.25) is 0 Å². The van der Waals surface area contributed by atoms with Crippen LogP contribution in [0.25, 0.3) is 0 Å². The van der Waals surface area contributed by atoms with E-state index in [4.69, 9.17) is 4.74 Å². The summed E-state index contributed by atoms with van der Waals surface area (Å²) >= 11 is 0. The molecule has 1 fully saturated rings. The van der Waals surface area contributed by atoms with Crippen LogP contribution in [0.2, 0.25) is 0 Å². The third-order valence-electron chi connectivity index (χ3n) is 3.11. The van der Waals surface area contributed by atoms with Crippen LogP contribution in [0.1, 0.15) is 45.5 Å². The Labute approximate surface area is 96.8 Å². The Morgan fingerprint density at radius 1 is 1.62 bits per heavy atom. The molecule has 0 aliphatic carbocycles. The van der Waals surface area contributed by atoms with Crippen molar-refractivity contribution in [2.24, 2.45) is 0 Å². The highest BCUT2D eigenvalue weighted by Crippen LogP contribution is 2.25. The second-order valence-corrected chi connectivity index (χ2v) is 5.16. The quantitative estimate of drug-likeness (QED) is 0.824. The first kappa shape index (κ1) is 11.6. The van der Waals surface area contributed by atoms with Crippen molar-refractivity contribution in [1.29, 1.82) is 0 Å². The summed E-state index contributed by atoms with van der Waals surface area (Å²) in [6, 6.07) is 0.790. The molecule has 2 rings (SSSR count). The van der Waals surface area contributed by atoms with Gasteiger partial charge in [-0.15, -0.1) is 0 Å². The maximum atomic E-state index is 5.70. The van der Waals surface area contributed by atoms with Gasteiger partial charge in [0.25, 0.3) is 0 Å². The molecule has 0 aromatic carbocycles. The SMILES string of the molecule is CC(NC1CCOC(C)(C)C1)c1ncc[nH]1. The zero-order chi connectivity index (χ0) is 11.6. The largest absolute Gasteiger partial charge is 0.375 e. The summed E-state index contributed by atoms with van der Waals surface area (Å²) < 4.78 is 5.70. The van der Waals surface area contributed by atoms with Gasteiger partial charge in [0.15, 0.2) is 0 Å². The van der Waals surface area contributed by atoms with Gasteiger partial charge < -0.3 is 15.0 Å². The third kappa shape index (κ3) is 2.83. The number of aromatic nitrogens is 2. The molecule has 2 heterocycles. The highest BCUT2D eigenvalue weighted by molar-refractivity contribution is 4.95. The van der Waals surface area contributed by atoms with Gasteiger partial charge in [-0.1, -0.05) is 0 Å². The highest BCUT2D eigenvalue weighted by atomic mass is 16.5. The minimum Gasteiger partial charge on any atom is -0.375 e. The first-order valence-electron chi connectivity index (χ1n) is 5.96. The monoisotopic (exact) mass is 223 g/mol. The van der Waals surface area contributed by atoms with Crippen molar-refractivity contribution in [3.8, 4) is 0 Å². The molecule has 1 aromatic heterocycles. The molecule has 1 aliphatic rings. The predicted octanol–water partition coefficient (Wildman–Crippen LogP) is 2.02. The smallest absolute Gasteiger partial charge is 0.122 e. The number of rotatable bonds is 3. The van der Waals surface area contributed by atoms with E-state index in [1.165, 1.54) is 0 Å². The second-order valence-electron chi connectivity index (χ2n) is 5.16. The van der Waals surface area contributed by atoms with Crippen LogP contribution >= 0.6 is 0 Å². The topological polar surface area (TPSA) is 49.9 Å². The van der Waals surface area contributed by atoms with Gasteiger partial charge in [-0.3, -0.25) is 0 Å². The molecule has 90 valence electrons. The van der Waals surface area contributed by atoms with Crippen LogP contribution in [0.15, 0.2) is 12.4 Å². The Balaban J connectivity index is 1.90. The van der Waals surface area contributed by atoms with Gasteiger partial charge in [0, 0.05) is 25.0 Å². The van der Waals surface area contributed by atoms with Gasteiger partial charge >= 0.3 is 0 Å². The molecule has 0 spiro atoms. The van der Waals surface area contributed by atoms with E-state index in [-0.39, 0.29) is 11.6 Å². The van der Waals surface area contributed by atoms with Gasteiger partial charge in [-0.25, -0.2) is 4.98 Å². The molecule has 1 aliphatic heterocycles. The lowest BCUT2D eigenvalue weighted by Gasteiger charge is -2.37. The first-order chi connectivity index (χ1) is 7.57. The number of ether oxygens (including phenoxy) is 1.